The number of esters is 1. The molecule has 49 heavy (non-hydrogen) atoms. The molecule has 0 unspecified atom stereocenters. The number of aliphatic hydroxyl groups excluding tert-OH is 1. The van der Waals surface area contributed by atoms with Crippen molar-refractivity contribution >= 4 is 29.8 Å². The minimum absolute atomic E-state index is 0.0891. The summed E-state index contributed by atoms with van der Waals surface area (Å²) in [6.45, 7) is 0.121. The van der Waals surface area contributed by atoms with Crippen molar-refractivity contribution in [1.29, 1.82) is 0 Å². The van der Waals surface area contributed by atoms with Crippen LogP contribution in [-0.2, 0) is 43.2 Å². The lowest BCUT2D eigenvalue weighted by Gasteiger charge is -2.30. The number of amides is 3. The van der Waals surface area contributed by atoms with Gasteiger partial charge in [0.25, 0.3) is 5.91 Å². The number of fused-ring (bicyclic) bond motifs is 2. The molecule has 1 spiro atoms. The van der Waals surface area contributed by atoms with Gasteiger partial charge in [0, 0.05) is 63.7 Å². The lowest BCUT2D eigenvalue weighted by molar-refractivity contribution is -0.172. The van der Waals surface area contributed by atoms with Gasteiger partial charge in [0.05, 0.1) is 12.2 Å². The molecule has 6 rings (SSSR count). The first-order valence-electron chi connectivity index (χ1n) is 16.2. The normalized spacial score (nSPS) is 20.3. The van der Waals surface area contributed by atoms with E-state index in [9.17, 15) is 19.2 Å². The maximum Gasteiger partial charge on any atom is 0.339 e. The average Bonchev–Trinajstić information content (AvgIpc) is 3.66. The quantitative estimate of drug-likeness (QED) is 0.222. The first-order chi connectivity index (χ1) is 23.6. The van der Waals surface area contributed by atoms with Crippen LogP contribution in [0.2, 0.25) is 0 Å². The Morgan fingerprint density at radius 1 is 0.939 bits per heavy atom. The van der Waals surface area contributed by atoms with Gasteiger partial charge in [0.15, 0.2) is 5.79 Å². The Morgan fingerprint density at radius 3 is 2.41 bits per heavy atom. The maximum absolute atomic E-state index is 13.7. The van der Waals surface area contributed by atoms with Gasteiger partial charge in [-0.2, -0.15) is 0 Å². The highest BCUT2D eigenvalue weighted by atomic mass is 16.8. The van der Waals surface area contributed by atoms with Crippen molar-refractivity contribution in [3.63, 3.8) is 0 Å². The molecule has 1 aliphatic heterocycles. The van der Waals surface area contributed by atoms with Gasteiger partial charge in [-0.3, -0.25) is 14.4 Å². The van der Waals surface area contributed by atoms with E-state index in [1.807, 2.05) is 24.3 Å². The molecule has 0 saturated carbocycles. The second kappa shape index (κ2) is 14.6. The standard InChI is InChI=1S/C38H39N3O8/c1-41(2)33(43)15-14-25-9-5-6-13-30(25)37(46)47-31-19-29(36(45)40-23-24-8-7-12-26(18-24)35(44)39-16-17-42)20-32-34(31)49-38(48-32)21-27-10-3-4-11-28(27)22-38/h3-15,18,20,31-32,34,42H,16-17,19,21-23H2,1-2H3,(H,39,44)(H,40,45)/t31-,32-,34+/m1/s1. The van der Waals surface area contributed by atoms with Gasteiger partial charge in [-0.15, -0.1) is 0 Å². The molecule has 1 heterocycles. The Hall–Kier alpha value is -5.10. The molecule has 254 valence electrons. The van der Waals surface area contributed by atoms with Crippen LogP contribution in [0.3, 0.4) is 0 Å². The highest BCUT2D eigenvalue weighted by molar-refractivity contribution is 5.98. The average molecular weight is 666 g/mol. The van der Waals surface area contributed by atoms with E-state index in [1.165, 1.54) is 11.0 Å². The molecule has 3 atom stereocenters. The fraction of sp³-hybridized carbons (Fsp3) is 0.316. The molecule has 1 saturated heterocycles. The third-order valence-electron chi connectivity index (χ3n) is 8.83. The molecule has 3 aliphatic rings. The van der Waals surface area contributed by atoms with Crippen LogP contribution in [0.4, 0.5) is 0 Å². The SMILES string of the molecule is CN(C)C(=O)C=Cc1ccccc1C(=O)O[C@@H]1CC(C(=O)NCc2cccc(C(=O)NCCO)c2)=C[C@H]2OC3(Cc4ccccc4C3)O[C@H]21. The fourth-order valence-electron chi connectivity index (χ4n) is 6.39. The Kier molecular flexibility index (Phi) is 10.0. The van der Waals surface area contributed by atoms with Crippen LogP contribution in [0.1, 0.15) is 49.4 Å². The van der Waals surface area contributed by atoms with Gasteiger partial charge in [0.1, 0.15) is 18.3 Å². The number of carbonyl (C=O) groups excluding carboxylic acids is 4. The number of benzene rings is 3. The van der Waals surface area contributed by atoms with Crippen molar-refractivity contribution < 1.29 is 38.5 Å². The highest BCUT2D eigenvalue weighted by Gasteiger charge is 2.55. The number of aliphatic hydroxyl groups is 1. The van der Waals surface area contributed by atoms with Crippen LogP contribution in [0, 0.1) is 0 Å². The first kappa shape index (κ1) is 33.8. The number of nitrogens with one attached hydrogen (secondary N) is 2. The van der Waals surface area contributed by atoms with Gasteiger partial charge < -0.3 is 34.9 Å². The summed E-state index contributed by atoms with van der Waals surface area (Å²) in [6.07, 6.45) is 3.73. The monoisotopic (exact) mass is 665 g/mol. The lowest BCUT2D eigenvalue weighted by Crippen LogP contribution is -2.43. The molecule has 0 bridgehead atoms. The van der Waals surface area contributed by atoms with Crippen LogP contribution in [-0.4, -0.2) is 85.0 Å². The number of nitrogens with zero attached hydrogens (tertiary/aromatic N) is 1. The second-order valence-corrected chi connectivity index (χ2v) is 12.6. The Morgan fingerprint density at radius 2 is 1.67 bits per heavy atom. The maximum atomic E-state index is 13.7. The summed E-state index contributed by atoms with van der Waals surface area (Å²) in [4.78, 5) is 53.3. The summed E-state index contributed by atoms with van der Waals surface area (Å²) in [6, 6.07) is 21.7. The van der Waals surface area contributed by atoms with Crippen molar-refractivity contribution in [2.24, 2.45) is 0 Å². The van der Waals surface area contributed by atoms with Gasteiger partial charge in [-0.25, -0.2) is 4.79 Å². The van der Waals surface area contributed by atoms with Crippen molar-refractivity contribution in [3.05, 3.63) is 124 Å². The van der Waals surface area contributed by atoms with E-state index < -0.39 is 30.1 Å². The van der Waals surface area contributed by atoms with Crippen molar-refractivity contribution in [1.82, 2.24) is 15.5 Å². The van der Waals surface area contributed by atoms with Crippen LogP contribution in [0.25, 0.3) is 6.08 Å². The summed E-state index contributed by atoms with van der Waals surface area (Å²) in [5.41, 5.74) is 4.54. The molecule has 11 heteroatoms. The van der Waals surface area contributed by atoms with Gasteiger partial charge in [-0.05, 0) is 52.6 Å². The van der Waals surface area contributed by atoms with Gasteiger partial charge >= 0.3 is 5.97 Å². The molecule has 3 amide bonds. The minimum Gasteiger partial charge on any atom is -0.456 e. The topological polar surface area (TPSA) is 144 Å². The Bertz CT molecular complexity index is 1790. The predicted octanol–water partition coefficient (Wildman–Crippen LogP) is 2.96. The largest absolute Gasteiger partial charge is 0.456 e. The van der Waals surface area contributed by atoms with E-state index in [0.29, 0.717) is 35.1 Å². The summed E-state index contributed by atoms with van der Waals surface area (Å²) >= 11 is 0. The van der Waals surface area contributed by atoms with Crippen molar-refractivity contribution in [2.75, 3.05) is 27.2 Å². The molecule has 11 nitrogen and oxygen atoms in total. The van der Waals surface area contributed by atoms with E-state index in [1.54, 1.807) is 74.8 Å². The summed E-state index contributed by atoms with van der Waals surface area (Å²) in [5.74, 6) is -2.47. The smallest absolute Gasteiger partial charge is 0.339 e. The fourth-order valence-corrected chi connectivity index (χ4v) is 6.39. The van der Waals surface area contributed by atoms with Crippen LogP contribution in [0.5, 0.6) is 0 Å². The lowest BCUT2D eigenvalue weighted by atomic mass is 9.91. The molecular weight excluding hydrogens is 626 g/mol. The van der Waals surface area contributed by atoms with E-state index in [4.69, 9.17) is 19.3 Å². The van der Waals surface area contributed by atoms with Crippen LogP contribution >= 0.6 is 0 Å². The summed E-state index contributed by atoms with van der Waals surface area (Å²) < 4.78 is 19.3. The van der Waals surface area contributed by atoms with Crippen molar-refractivity contribution in [3.8, 4) is 0 Å². The van der Waals surface area contributed by atoms with E-state index >= 15 is 0 Å². The van der Waals surface area contributed by atoms with Crippen LogP contribution in [0.15, 0.2) is 90.5 Å². The van der Waals surface area contributed by atoms with E-state index in [0.717, 1.165) is 11.1 Å². The zero-order chi connectivity index (χ0) is 34.5. The molecule has 0 radical (unpaired) electrons. The molecular formula is C38H39N3O8. The summed E-state index contributed by atoms with van der Waals surface area (Å²) in [7, 11) is 3.28. The molecule has 0 aromatic heterocycles. The minimum atomic E-state index is -0.948. The predicted molar refractivity (Wildman–Crippen MR) is 180 cm³/mol. The second-order valence-electron chi connectivity index (χ2n) is 12.6. The van der Waals surface area contributed by atoms with E-state index in [-0.39, 0.29) is 49.4 Å². The zero-order valence-electron chi connectivity index (χ0n) is 27.4. The van der Waals surface area contributed by atoms with Gasteiger partial charge in [-0.1, -0.05) is 54.6 Å². The van der Waals surface area contributed by atoms with E-state index in [2.05, 4.69) is 10.6 Å². The number of ether oxygens (including phenoxy) is 3. The number of carbonyl (C=O) groups is 4. The number of likely N-dealkylation sites (N-methyl/N-ethyl adjacent to an activating group) is 1. The molecule has 3 aromatic carbocycles. The molecule has 3 aromatic rings. The first-order valence-corrected chi connectivity index (χ1v) is 16.2. The zero-order valence-corrected chi connectivity index (χ0v) is 27.4. The van der Waals surface area contributed by atoms with Gasteiger partial charge in [0.2, 0.25) is 11.8 Å². The highest BCUT2D eigenvalue weighted by Crippen LogP contribution is 2.45. The molecule has 3 N–H and O–H groups in total. The van der Waals surface area contributed by atoms with Crippen molar-refractivity contribution in [2.45, 2.75) is 49.9 Å². The molecule has 1 fully saturated rings. The Balaban J connectivity index is 1.21. The Labute approximate surface area is 284 Å². The molecule has 2 aliphatic carbocycles. The number of hydrogen-bond acceptors (Lipinski definition) is 8. The third-order valence-corrected chi connectivity index (χ3v) is 8.83. The number of rotatable bonds is 10. The summed E-state index contributed by atoms with van der Waals surface area (Å²) in [5, 5.41) is 14.6. The number of hydrogen-bond donors (Lipinski definition) is 3. The van der Waals surface area contributed by atoms with Crippen LogP contribution < -0.4 is 10.6 Å². The third kappa shape index (κ3) is 7.64.